The number of aryl methyl sites for hydroxylation is 1. The van der Waals surface area contributed by atoms with E-state index in [0.29, 0.717) is 12.3 Å². The van der Waals surface area contributed by atoms with Crippen molar-refractivity contribution < 1.29 is 9.53 Å². The minimum Gasteiger partial charge on any atom is -0.456 e. The molecule has 0 aromatic carbocycles. The predicted octanol–water partition coefficient (Wildman–Crippen LogP) is 0.887. The summed E-state index contributed by atoms with van der Waals surface area (Å²) in [5, 5.41) is 0. The normalized spacial score (nSPS) is 9.00. The van der Waals surface area contributed by atoms with Gasteiger partial charge in [0.2, 0.25) is 0 Å². The summed E-state index contributed by atoms with van der Waals surface area (Å²) >= 11 is 0. The summed E-state index contributed by atoms with van der Waals surface area (Å²) in [6.07, 6.45) is 2.35. The molecule has 0 radical (unpaired) electrons. The van der Waals surface area contributed by atoms with E-state index in [2.05, 4.69) is 26.5 Å². The number of nitrogens with one attached hydrogen (secondary N) is 1. The molecule has 1 rings (SSSR count). The van der Waals surface area contributed by atoms with Gasteiger partial charge in [-0.05, 0) is 19.3 Å². The highest BCUT2D eigenvalue weighted by Gasteiger charge is 2.00. The topological polar surface area (TPSA) is 55.0 Å². The number of hydrogen-bond donors (Lipinski definition) is 1. The first-order valence-corrected chi connectivity index (χ1v) is 4.49. The number of H-pyrrole nitrogens is 1. The van der Waals surface area contributed by atoms with Gasteiger partial charge in [-0.15, -0.1) is 0 Å². The molecule has 0 saturated carbocycles. The summed E-state index contributed by atoms with van der Waals surface area (Å²) < 4.78 is 4.67. The molecule has 0 spiro atoms. The maximum atomic E-state index is 10.9. The van der Waals surface area contributed by atoms with E-state index in [0.717, 1.165) is 12.1 Å². The fourth-order valence-corrected chi connectivity index (χ4v) is 0.980. The first-order valence-electron chi connectivity index (χ1n) is 4.49. The van der Waals surface area contributed by atoms with Gasteiger partial charge in [-0.1, -0.05) is 6.92 Å². The largest absolute Gasteiger partial charge is 0.456 e. The fraction of sp³-hybridized carbons (Fsp3) is 0.400. The Morgan fingerprint density at radius 1 is 1.64 bits per heavy atom. The first-order chi connectivity index (χ1) is 6.77. The molecule has 0 unspecified atom stereocenters. The number of ether oxygens (including phenoxy) is 1. The number of hydrogen-bond acceptors (Lipinski definition) is 3. The van der Waals surface area contributed by atoms with Crippen LogP contribution in [0.15, 0.2) is 6.33 Å². The number of carbonyl (C=O) groups is 1. The third-order valence-electron chi connectivity index (χ3n) is 1.62. The Labute approximate surface area is 82.7 Å². The van der Waals surface area contributed by atoms with E-state index < -0.39 is 5.97 Å². The van der Waals surface area contributed by atoms with Crippen LogP contribution < -0.4 is 0 Å². The van der Waals surface area contributed by atoms with Crippen LogP contribution in [0, 0.1) is 11.8 Å². The van der Waals surface area contributed by atoms with Crippen LogP contribution in [0.3, 0.4) is 0 Å². The Bertz CT molecular complexity index is 371. The second-order valence-corrected chi connectivity index (χ2v) is 2.55. The Balaban J connectivity index is 2.72. The van der Waals surface area contributed by atoms with Crippen LogP contribution >= 0.6 is 0 Å². The smallest absolute Gasteiger partial charge is 0.384 e. The lowest BCUT2D eigenvalue weighted by Gasteiger charge is -1.91. The van der Waals surface area contributed by atoms with Crippen molar-refractivity contribution in [3.05, 3.63) is 17.7 Å². The third-order valence-corrected chi connectivity index (χ3v) is 1.62. The van der Waals surface area contributed by atoms with Gasteiger partial charge in [0.15, 0.2) is 0 Å². The zero-order chi connectivity index (χ0) is 10.4. The lowest BCUT2D eigenvalue weighted by molar-refractivity contribution is -0.136. The van der Waals surface area contributed by atoms with E-state index in [1.54, 1.807) is 13.3 Å². The molecule has 0 amide bonds. The van der Waals surface area contributed by atoms with Crippen molar-refractivity contribution >= 4 is 5.97 Å². The van der Waals surface area contributed by atoms with Gasteiger partial charge >= 0.3 is 5.97 Å². The second kappa shape index (κ2) is 5.07. The molecule has 0 aliphatic carbocycles. The molecule has 0 atom stereocenters. The molecule has 0 fully saturated rings. The minimum absolute atomic E-state index is 0.344. The molecule has 14 heavy (non-hydrogen) atoms. The minimum atomic E-state index is -0.510. The Morgan fingerprint density at radius 2 is 2.43 bits per heavy atom. The number of aromatic nitrogens is 2. The van der Waals surface area contributed by atoms with Crippen LogP contribution in [-0.2, 0) is 16.0 Å². The summed E-state index contributed by atoms with van der Waals surface area (Å²) in [6, 6.07) is 0. The number of esters is 1. The average Bonchev–Trinajstić information content (AvgIpc) is 2.62. The van der Waals surface area contributed by atoms with E-state index in [9.17, 15) is 4.79 Å². The highest BCUT2D eigenvalue weighted by Crippen LogP contribution is 2.00. The molecule has 1 heterocycles. The van der Waals surface area contributed by atoms with Gasteiger partial charge < -0.3 is 9.72 Å². The maximum absolute atomic E-state index is 10.9. The highest BCUT2D eigenvalue weighted by molar-refractivity contribution is 5.89. The van der Waals surface area contributed by atoms with Crippen LogP contribution in [-0.4, -0.2) is 22.5 Å². The summed E-state index contributed by atoms with van der Waals surface area (Å²) in [5.41, 5.74) is 1.54. The predicted molar refractivity (Wildman–Crippen MR) is 51.5 cm³/mol. The van der Waals surface area contributed by atoms with Crippen LogP contribution in [0.2, 0.25) is 0 Å². The second-order valence-electron chi connectivity index (χ2n) is 2.55. The zero-order valence-corrected chi connectivity index (χ0v) is 8.26. The first kappa shape index (κ1) is 10.3. The third kappa shape index (κ3) is 2.63. The SMILES string of the molecule is CCOC(=O)C#Cc1[nH]cnc1CC. The molecule has 1 aromatic rings. The van der Waals surface area contributed by atoms with Gasteiger partial charge in [0, 0.05) is 5.92 Å². The molecule has 0 aliphatic heterocycles. The molecule has 0 bridgehead atoms. The van der Waals surface area contributed by atoms with Crippen molar-refractivity contribution in [1.82, 2.24) is 9.97 Å². The van der Waals surface area contributed by atoms with Gasteiger partial charge in [-0.3, -0.25) is 0 Å². The monoisotopic (exact) mass is 192 g/mol. The molecule has 1 N–H and O–H groups in total. The lowest BCUT2D eigenvalue weighted by atomic mass is 10.3. The number of imidazole rings is 1. The number of aromatic amines is 1. The van der Waals surface area contributed by atoms with Crippen molar-refractivity contribution in [2.75, 3.05) is 6.61 Å². The molecule has 0 aliphatic rings. The molecular weight excluding hydrogens is 180 g/mol. The van der Waals surface area contributed by atoms with Gasteiger partial charge in [-0.2, -0.15) is 0 Å². The van der Waals surface area contributed by atoms with Crippen molar-refractivity contribution in [3.8, 4) is 11.8 Å². The molecule has 4 nitrogen and oxygen atoms in total. The van der Waals surface area contributed by atoms with Crippen LogP contribution in [0.5, 0.6) is 0 Å². The van der Waals surface area contributed by atoms with E-state index >= 15 is 0 Å². The summed E-state index contributed by atoms with van der Waals surface area (Å²) in [7, 11) is 0. The number of rotatable bonds is 2. The molecule has 1 aromatic heterocycles. The zero-order valence-electron chi connectivity index (χ0n) is 8.26. The van der Waals surface area contributed by atoms with Crippen molar-refractivity contribution in [2.24, 2.45) is 0 Å². The quantitative estimate of drug-likeness (QED) is 0.559. The Morgan fingerprint density at radius 3 is 3.07 bits per heavy atom. The van der Waals surface area contributed by atoms with Gasteiger partial charge in [0.25, 0.3) is 0 Å². The van der Waals surface area contributed by atoms with Crippen molar-refractivity contribution in [3.63, 3.8) is 0 Å². The molecule has 0 saturated heterocycles. The average molecular weight is 192 g/mol. The number of carbonyl (C=O) groups excluding carboxylic acids is 1. The van der Waals surface area contributed by atoms with Gasteiger partial charge in [-0.25, -0.2) is 9.78 Å². The van der Waals surface area contributed by atoms with Crippen LogP contribution in [0.4, 0.5) is 0 Å². The van der Waals surface area contributed by atoms with Gasteiger partial charge in [0.1, 0.15) is 5.69 Å². The standard InChI is InChI=1S/C10H12N2O2/c1-3-8-9(12-7-11-8)5-6-10(13)14-4-2/h7H,3-4H2,1-2H3,(H,11,12). The molecular formula is C10H12N2O2. The van der Waals surface area contributed by atoms with Crippen LogP contribution in [0.25, 0.3) is 0 Å². The fourth-order valence-electron chi connectivity index (χ4n) is 0.980. The van der Waals surface area contributed by atoms with E-state index in [1.165, 1.54) is 0 Å². The highest BCUT2D eigenvalue weighted by atomic mass is 16.5. The molecule has 4 heteroatoms. The Hall–Kier alpha value is -1.76. The summed E-state index contributed by atoms with van der Waals surface area (Å²) in [4.78, 5) is 17.8. The summed E-state index contributed by atoms with van der Waals surface area (Å²) in [6.45, 7) is 4.07. The van der Waals surface area contributed by atoms with Crippen LogP contribution in [0.1, 0.15) is 25.2 Å². The van der Waals surface area contributed by atoms with E-state index in [1.807, 2.05) is 6.92 Å². The Kier molecular flexibility index (Phi) is 3.74. The van der Waals surface area contributed by atoms with Crippen molar-refractivity contribution in [2.45, 2.75) is 20.3 Å². The number of nitrogens with zero attached hydrogens (tertiary/aromatic N) is 1. The van der Waals surface area contributed by atoms with E-state index in [4.69, 9.17) is 0 Å². The molecule has 74 valence electrons. The van der Waals surface area contributed by atoms with Gasteiger partial charge in [0.05, 0.1) is 18.6 Å². The van der Waals surface area contributed by atoms with Crippen molar-refractivity contribution in [1.29, 1.82) is 0 Å². The summed E-state index contributed by atoms with van der Waals surface area (Å²) in [5.74, 6) is 4.55. The maximum Gasteiger partial charge on any atom is 0.384 e. The lowest BCUT2D eigenvalue weighted by Crippen LogP contribution is -1.99. The van der Waals surface area contributed by atoms with E-state index in [-0.39, 0.29) is 0 Å².